The van der Waals surface area contributed by atoms with Gasteiger partial charge in [0.25, 0.3) is 5.91 Å². The minimum atomic E-state index is -4.23. The molecule has 2 fully saturated rings. The fourth-order valence-corrected chi connectivity index (χ4v) is 7.27. The lowest BCUT2D eigenvalue weighted by Gasteiger charge is -2.44. The normalized spacial score (nSPS) is 24.2. The number of alkyl halides is 3. The Morgan fingerprint density at radius 1 is 1.00 bits per heavy atom. The highest BCUT2D eigenvalue weighted by Crippen LogP contribution is 2.38. The van der Waals surface area contributed by atoms with Crippen LogP contribution in [0.4, 0.5) is 23.2 Å². The first kappa shape index (κ1) is 33.9. The monoisotopic (exact) mass is 639 g/mol. The third-order valence-electron chi connectivity index (χ3n) is 9.79. The van der Waals surface area contributed by atoms with Crippen molar-refractivity contribution in [3.63, 3.8) is 0 Å². The number of allylic oxidation sites excluding steroid dienone is 2. The molecule has 46 heavy (non-hydrogen) atoms. The first-order chi connectivity index (χ1) is 21.7. The number of halogens is 4. The third-order valence-corrected chi connectivity index (χ3v) is 9.79. The predicted molar refractivity (Wildman–Crippen MR) is 173 cm³/mol. The summed E-state index contributed by atoms with van der Waals surface area (Å²) in [5.41, 5.74) is 3.17. The lowest BCUT2D eigenvalue weighted by atomic mass is 9.76. The van der Waals surface area contributed by atoms with Gasteiger partial charge in [-0.3, -0.25) is 14.5 Å². The summed E-state index contributed by atoms with van der Waals surface area (Å²) in [4.78, 5) is 31.2. The Morgan fingerprint density at radius 3 is 2.41 bits per heavy atom. The van der Waals surface area contributed by atoms with Crippen LogP contribution in [-0.2, 0) is 10.2 Å². The summed E-state index contributed by atoms with van der Waals surface area (Å²) in [5.74, 6) is -1.96. The van der Waals surface area contributed by atoms with E-state index in [9.17, 15) is 22.8 Å². The van der Waals surface area contributed by atoms with Crippen LogP contribution in [0.5, 0.6) is 0 Å². The van der Waals surface area contributed by atoms with Crippen LogP contribution in [0.25, 0.3) is 0 Å². The van der Waals surface area contributed by atoms with Crippen LogP contribution in [0, 0.1) is 24.6 Å². The molecule has 248 valence electrons. The zero-order valence-electron chi connectivity index (χ0n) is 27.2. The molecule has 4 atom stereocenters. The van der Waals surface area contributed by atoms with Gasteiger partial charge in [-0.25, -0.2) is 4.39 Å². The van der Waals surface area contributed by atoms with E-state index in [1.165, 1.54) is 11.0 Å². The maximum absolute atomic E-state index is 15.0. The highest BCUT2D eigenvalue weighted by molar-refractivity contribution is 5.98. The average molecular weight is 640 g/mol. The van der Waals surface area contributed by atoms with Gasteiger partial charge in [0.05, 0.1) is 17.5 Å². The maximum Gasteiger partial charge on any atom is 0.404 e. The van der Waals surface area contributed by atoms with Crippen LogP contribution in [0.1, 0.15) is 80.8 Å². The van der Waals surface area contributed by atoms with Gasteiger partial charge in [0, 0.05) is 24.7 Å². The summed E-state index contributed by atoms with van der Waals surface area (Å²) in [5, 5.41) is 3.10. The van der Waals surface area contributed by atoms with E-state index in [0.29, 0.717) is 63.0 Å². The molecule has 2 aromatic carbocycles. The second-order valence-electron chi connectivity index (χ2n) is 14.0. The predicted octanol–water partition coefficient (Wildman–Crippen LogP) is 8.21. The molecule has 0 saturated carbocycles. The summed E-state index contributed by atoms with van der Waals surface area (Å²) in [6, 6.07) is 10.4. The lowest BCUT2D eigenvalue weighted by Crippen LogP contribution is -2.55. The molecule has 2 amide bonds. The summed E-state index contributed by atoms with van der Waals surface area (Å²) < 4.78 is 55.4. The summed E-state index contributed by atoms with van der Waals surface area (Å²) in [6.07, 6.45) is 4.59. The van der Waals surface area contributed by atoms with E-state index < -0.39 is 35.9 Å². The van der Waals surface area contributed by atoms with E-state index in [1.807, 2.05) is 42.5 Å². The molecule has 3 aliphatic rings. The Morgan fingerprint density at radius 2 is 1.74 bits per heavy atom. The van der Waals surface area contributed by atoms with Gasteiger partial charge < -0.3 is 10.2 Å². The number of benzene rings is 2. The molecule has 0 radical (unpaired) electrons. The van der Waals surface area contributed by atoms with E-state index in [2.05, 4.69) is 26.1 Å². The molecule has 5 rings (SSSR count). The van der Waals surface area contributed by atoms with Crippen molar-refractivity contribution in [3.8, 4) is 0 Å². The van der Waals surface area contributed by atoms with Crippen LogP contribution in [0.3, 0.4) is 0 Å². The number of nitrogens with one attached hydrogen (secondary N) is 1. The molecule has 2 saturated heterocycles. The molecule has 2 aliphatic heterocycles. The van der Waals surface area contributed by atoms with Gasteiger partial charge in [0.1, 0.15) is 11.9 Å². The SMILES string of the molecule is Cc1cccc(F)c1C(=O)N1CCC[C@H](C(=O)Nc2cccc(C(C)(C)C)c2)[C@@H]1C1C=CC(CCN2CCCC2C(F)(F)F)=CC1. The van der Waals surface area contributed by atoms with Gasteiger partial charge in [0.15, 0.2) is 0 Å². The number of carbonyl (C=O) groups is 2. The number of piperidine rings is 1. The van der Waals surface area contributed by atoms with Gasteiger partial charge in [-0.2, -0.15) is 13.2 Å². The quantitative estimate of drug-likeness (QED) is 0.311. The number of hydrogen-bond acceptors (Lipinski definition) is 3. The Bertz CT molecular complexity index is 1470. The second kappa shape index (κ2) is 13.7. The summed E-state index contributed by atoms with van der Waals surface area (Å²) in [7, 11) is 0. The van der Waals surface area contributed by atoms with E-state index in [0.717, 1.165) is 11.1 Å². The van der Waals surface area contributed by atoms with Crippen molar-refractivity contribution in [2.24, 2.45) is 11.8 Å². The Labute approximate surface area is 269 Å². The molecule has 2 heterocycles. The summed E-state index contributed by atoms with van der Waals surface area (Å²) in [6.45, 7) is 9.19. The lowest BCUT2D eigenvalue weighted by molar-refractivity contribution is -0.175. The third kappa shape index (κ3) is 7.56. The number of aryl methyl sites for hydroxylation is 1. The topological polar surface area (TPSA) is 52.7 Å². The number of nitrogens with zero attached hydrogens (tertiary/aromatic N) is 2. The molecule has 0 spiro atoms. The number of hydrogen-bond donors (Lipinski definition) is 1. The standard InChI is InChI=1S/C37H45F4N3O2/c1-24-9-5-13-30(38)32(24)35(46)44-21-7-12-29(34(45)42-28-11-6-10-27(23-28)36(2,3)4)33(44)26-17-15-25(16-18-26)19-22-43-20-8-14-31(43)37(39,40)41/h5-6,9-11,13,15-17,23,26,29,31,33H,7-8,12,14,18-22H2,1-4H3,(H,42,45)/t26?,29-,31?,33-/m0/s1. The molecular weight excluding hydrogens is 594 g/mol. The van der Waals surface area contributed by atoms with Gasteiger partial charge >= 0.3 is 6.18 Å². The van der Waals surface area contributed by atoms with Gasteiger partial charge in [0.2, 0.25) is 5.91 Å². The molecule has 2 unspecified atom stereocenters. The Balaban J connectivity index is 1.38. The van der Waals surface area contributed by atoms with E-state index >= 15 is 4.39 Å². The van der Waals surface area contributed by atoms with Crippen molar-refractivity contribution in [2.45, 2.75) is 89.9 Å². The fourth-order valence-electron chi connectivity index (χ4n) is 7.27. The van der Waals surface area contributed by atoms with Crippen molar-refractivity contribution in [2.75, 3.05) is 25.0 Å². The molecule has 5 nitrogen and oxygen atoms in total. The van der Waals surface area contributed by atoms with E-state index in [4.69, 9.17) is 0 Å². The van der Waals surface area contributed by atoms with Crippen LogP contribution in [0.2, 0.25) is 0 Å². The molecule has 2 aromatic rings. The molecule has 0 bridgehead atoms. The first-order valence-electron chi connectivity index (χ1n) is 16.4. The zero-order chi connectivity index (χ0) is 33.2. The zero-order valence-corrected chi connectivity index (χ0v) is 27.2. The van der Waals surface area contributed by atoms with Crippen molar-refractivity contribution in [1.29, 1.82) is 0 Å². The van der Waals surface area contributed by atoms with Crippen molar-refractivity contribution < 1.29 is 27.2 Å². The summed E-state index contributed by atoms with van der Waals surface area (Å²) >= 11 is 0. The van der Waals surface area contributed by atoms with Gasteiger partial charge in [-0.15, -0.1) is 0 Å². The molecule has 1 aliphatic carbocycles. The average Bonchev–Trinajstić information content (AvgIpc) is 3.49. The Hall–Kier alpha value is -3.46. The fraction of sp³-hybridized carbons (Fsp3) is 0.514. The highest BCUT2D eigenvalue weighted by Gasteiger charge is 2.46. The minimum absolute atomic E-state index is 0.0206. The number of anilines is 1. The smallest absolute Gasteiger partial charge is 0.334 e. The highest BCUT2D eigenvalue weighted by atomic mass is 19.4. The van der Waals surface area contributed by atoms with E-state index in [1.54, 1.807) is 24.0 Å². The number of amides is 2. The van der Waals surface area contributed by atoms with Crippen molar-refractivity contribution >= 4 is 17.5 Å². The van der Waals surface area contributed by atoms with Crippen molar-refractivity contribution in [3.05, 3.63) is 88.8 Å². The van der Waals surface area contributed by atoms with E-state index in [-0.39, 0.29) is 29.2 Å². The largest absolute Gasteiger partial charge is 0.404 e. The van der Waals surface area contributed by atoms with Crippen LogP contribution < -0.4 is 5.32 Å². The minimum Gasteiger partial charge on any atom is -0.334 e. The van der Waals surface area contributed by atoms with Crippen molar-refractivity contribution in [1.82, 2.24) is 9.80 Å². The number of likely N-dealkylation sites (tertiary alicyclic amines) is 2. The second-order valence-corrected chi connectivity index (χ2v) is 14.0. The Kier molecular flexibility index (Phi) is 10.1. The van der Waals surface area contributed by atoms with Crippen LogP contribution in [-0.4, -0.2) is 59.5 Å². The molecular formula is C37H45F4N3O2. The van der Waals surface area contributed by atoms with Crippen LogP contribution in [0.15, 0.2) is 66.3 Å². The number of rotatable bonds is 7. The van der Waals surface area contributed by atoms with Gasteiger partial charge in [-0.1, -0.05) is 68.8 Å². The van der Waals surface area contributed by atoms with Crippen LogP contribution >= 0.6 is 0 Å². The molecule has 9 heteroatoms. The number of carbonyl (C=O) groups excluding carboxylic acids is 2. The molecule has 0 aromatic heterocycles. The molecule has 1 N–H and O–H groups in total. The first-order valence-corrected chi connectivity index (χ1v) is 16.4. The van der Waals surface area contributed by atoms with Gasteiger partial charge in [-0.05, 0) is 86.7 Å². The maximum atomic E-state index is 15.0.